The molecule has 0 radical (unpaired) electrons. The van der Waals surface area contributed by atoms with Crippen LogP contribution in [0.4, 0.5) is 5.69 Å². The van der Waals surface area contributed by atoms with E-state index in [0.29, 0.717) is 6.61 Å². The Morgan fingerprint density at radius 2 is 2.16 bits per heavy atom. The molecule has 0 fully saturated rings. The molecule has 7 heteroatoms. The number of nitro groups is 1. The maximum atomic E-state index is 11.0. The SMILES string of the molecule is CCCCOc1c(OC)cc(C(=O)O)cc1[N+](=O)[O-]. The van der Waals surface area contributed by atoms with Crippen molar-refractivity contribution in [2.75, 3.05) is 13.7 Å². The third-order valence-corrected chi connectivity index (χ3v) is 2.44. The van der Waals surface area contributed by atoms with Crippen molar-refractivity contribution in [3.8, 4) is 11.5 Å². The van der Waals surface area contributed by atoms with Gasteiger partial charge in [-0.25, -0.2) is 4.79 Å². The first-order valence-electron chi connectivity index (χ1n) is 5.73. The average molecular weight is 269 g/mol. The summed E-state index contributed by atoms with van der Waals surface area (Å²) >= 11 is 0. The zero-order valence-corrected chi connectivity index (χ0v) is 10.7. The largest absolute Gasteiger partial charge is 0.493 e. The topological polar surface area (TPSA) is 98.9 Å². The van der Waals surface area contributed by atoms with Gasteiger partial charge in [-0.05, 0) is 12.5 Å². The standard InChI is InChI=1S/C12H15NO6/c1-3-4-5-19-11-9(13(16)17)6-8(12(14)15)7-10(11)18-2/h6-7H,3-5H2,1-2H3,(H,14,15). The lowest BCUT2D eigenvalue weighted by molar-refractivity contribution is -0.386. The number of hydrogen-bond donors (Lipinski definition) is 1. The van der Waals surface area contributed by atoms with Crippen LogP contribution in [0.25, 0.3) is 0 Å². The van der Waals surface area contributed by atoms with Crippen LogP contribution < -0.4 is 9.47 Å². The average Bonchev–Trinajstić information content (AvgIpc) is 2.38. The van der Waals surface area contributed by atoms with Crippen molar-refractivity contribution < 1.29 is 24.3 Å². The molecule has 19 heavy (non-hydrogen) atoms. The number of hydrogen-bond acceptors (Lipinski definition) is 5. The van der Waals surface area contributed by atoms with Crippen molar-refractivity contribution >= 4 is 11.7 Å². The number of carboxylic acid groups (broad SMARTS) is 1. The molecule has 0 heterocycles. The number of ether oxygens (including phenoxy) is 2. The molecule has 0 spiro atoms. The van der Waals surface area contributed by atoms with E-state index in [9.17, 15) is 14.9 Å². The molecule has 1 rings (SSSR count). The van der Waals surface area contributed by atoms with Crippen LogP contribution in [0.3, 0.4) is 0 Å². The molecule has 0 bridgehead atoms. The normalized spacial score (nSPS) is 10.0. The highest BCUT2D eigenvalue weighted by atomic mass is 16.6. The summed E-state index contributed by atoms with van der Waals surface area (Å²) in [6.07, 6.45) is 1.62. The number of rotatable bonds is 7. The fraction of sp³-hybridized carbons (Fsp3) is 0.417. The second-order valence-corrected chi connectivity index (χ2v) is 3.79. The third-order valence-electron chi connectivity index (χ3n) is 2.44. The quantitative estimate of drug-likeness (QED) is 0.463. The monoisotopic (exact) mass is 269 g/mol. The van der Waals surface area contributed by atoms with Gasteiger partial charge >= 0.3 is 11.7 Å². The van der Waals surface area contributed by atoms with E-state index in [0.717, 1.165) is 18.9 Å². The van der Waals surface area contributed by atoms with Gasteiger partial charge < -0.3 is 14.6 Å². The van der Waals surface area contributed by atoms with Crippen LogP contribution in [-0.2, 0) is 0 Å². The summed E-state index contributed by atoms with van der Waals surface area (Å²) in [4.78, 5) is 21.2. The van der Waals surface area contributed by atoms with E-state index >= 15 is 0 Å². The molecule has 0 saturated carbocycles. The number of aromatic carboxylic acids is 1. The van der Waals surface area contributed by atoms with Crippen molar-refractivity contribution in [1.82, 2.24) is 0 Å². The Balaban J connectivity index is 3.24. The van der Waals surface area contributed by atoms with Crippen LogP contribution in [0.15, 0.2) is 12.1 Å². The first-order chi connectivity index (χ1) is 9.01. The molecule has 0 aliphatic rings. The van der Waals surface area contributed by atoms with Gasteiger partial charge in [-0.2, -0.15) is 0 Å². The highest BCUT2D eigenvalue weighted by Crippen LogP contribution is 2.38. The van der Waals surface area contributed by atoms with Gasteiger partial charge in [-0.3, -0.25) is 10.1 Å². The fourth-order valence-corrected chi connectivity index (χ4v) is 1.46. The Morgan fingerprint density at radius 1 is 1.47 bits per heavy atom. The number of methoxy groups -OCH3 is 1. The van der Waals surface area contributed by atoms with Gasteiger partial charge in [-0.1, -0.05) is 13.3 Å². The van der Waals surface area contributed by atoms with Crippen LogP contribution in [0, 0.1) is 10.1 Å². The molecule has 1 aromatic rings. The van der Waals surface area contributed by atoms with Gasteiger partial charge in [0.1, 0.15) is 0 Å². The summed E-state index contributed by atoms with van der Waals surface area (Å²) in [5.41, 5.74) is -0.626. The van der Waals surface area contributed by atoms with E-state index in [2.05, 4.69) is 0 Å². The van der Waals surface area contributed by atoms with Crippen molar-refractivity contribution in [1.29, 1.82) is 0 Å². The highest BCUT2D eigenvalue weighted by molar-refractivity contribution is 5.90. The number of carbonyl (C=O) groups is 1. The van der Waals surface area contributed by atoms with E-state index in [1.807, 2.05) is 6.92 Å². The molecule has 0 unspecified atom stereocenters. The Hall–Kier alpha value is -2.31. The minimum Gasteiger partial charge on any atom is -0.493 e. The Labute approximate surface area is 109 Å². The number of carboxylic acids is 1. The van der Waals surface area contributed by atoms with Gasteiger partial charge in [0.05, 0.1) is 24.2 Å². The van der Waals surface area contributed by atoms with E-state index < -0.39 is 16.6 Å². The van der Waals surface area contributed by atoms with Crippen LogP contribution in [0.1, 0.15) is 30.1 Å². The molecule has 1 aromatic carbocycles. The number of nitrogens with zero attached hydrogens (tertiary/aromatic N) is 1. The van der Waals surface area contributed by atoms with Crippen molar-refractivity contribution in [3.63, 3.8) is 0 Å². The summed E-state index contributed by atoms with van der Waals surface area (Å²) in [6, 6.07) is 2.17. The first-order valence-corrected chi connectivity index (χ1v) is 5.73. The van der Waals surface area contributed by atoms with Crippen molar-refractivity contribution in [2.45, 2.75) is 19.8 Å². The van der Waals surface area contributed by atoms with E-state index in [1.54, 1.807) is 0 Å². The number of unbranched alkanes of at least 4 members (excludes halogenated alkanes) is 1. The lowest BCUT2D eigenvalue weighted by atomic mass is 10.1. The molecule has 0 aliphatic carbocycles. The van der Waals surface area contributed by atoms with Gasteiger partial charge in [-0.15, -0.1) is 0 Å². The third kappa shape index (κ3) is 3.57. The zero-order chi connectivity index (χ0) is 14.4. The second kappa shape index (κ2) is 6.58. The predicted octanol–water partition coefficient (Wildman–Crippen LogP) is 2.48. The second-order valence-electron chi connectivity index (χ2n) is 3.79. The molecular formula is C12H15NO6. The smallest absolute Gasteiger partial charge is 0.336 e. The molecule has 0 atom stereocenters. The van der Waals surface area contributed by atoms with Crippen LogP contribution in [-0.4, -0.2) is 29.7 Å². The molecule has 104 valence electrons. The summed E-state index contributed by atoms with van der Waals surface area (Å²) < 4.78 is 10.3. The van der Waals surface area contributed by atoms with Crippen molar-refractivity contribution in [2.24, 2.45) is 0 Å². The summed E-state index contributed by atoms with van der Waals surface area (Å²) in [7, 11) is 1.30. The minimum absolute atomic E-state index is 0.0362. The molecular weight excluding hydrogens is 254 g/mol. The Kier molecular flexibility index (Phi) is 5.11. The Morgan fingerprint density at radius 3 is 2.63 bits per heavy atom. The Bertz CT molecular complexity index is 485. The van der Waals surface area contributed by atoms with Gasteiger partial charge in [0.25, 0.3) is 0 Å². The van der Waals surface area contributed by atoms with Gasteiger partial charge in [0.15, 0.2) is 5.75 Å². The summed E-state index contributed by atoms with van der Waals surface area (Å²) in [5, 5.41) is 19.9. The maximum absolute atomic E-state index is 11.0. The van der Waals surface area contributed by atoms with E-state index in [-0.39, 0.29) is 17.1 Å². The number of benzene rings is 1. The fourth-order valence-electron chi connectivity index (χ4n) is 1.46. The highest BCUT2D eigenvalue weighted by Gasteiger charge is 2.24. The molecule has 7 nitrogen and oxygen atoms in total. The van der Waals surface area contributed by atoms with Crippen LogP contribution >= 0.6 is 0 Å². The minimum atomic E-state index is -1.26. The molecule has 0 aliphatic heterocycles. The van der Waals surface area contributed by atoms with Crippen LogP contribution in [0.2, 0.25) is 0 Å². The van der Waals surface area contributed by atoms with Gasteiger partial charge in [0, 0.05) is 6.07 Å². The van der Waals surface area contributed by atoms with Crippen molar-refractivity contribution in [3.05, 3.63) is 27.8 Å². The molecule has 0 amide bonds. The predicted molar refractivity (Wildman–Crippen MR) is 67.0 cm³/mol. The van der Waals surface area contributed by atoms with E-state index in [1.165, 1.54) is 13.2 Å². The molecule has 0 aromatic heterocycles. The van der Waals surface area contributed by atoms with E-state index in [4.69, 9.17) is 14.6 Å². The summed E-state index contributed by atoms with van der Waals surface area (Å²) in [6.45, 7) is 2.27. The van der Waals surface area contributed by atoms with Gasteiger partial charge in [0.2, 0.25) is 5.75 Å². The zero-order valence-electron chi connectivity index (χ0n) is 10.7. The lowest BCUT2D eigenvalue weighted by Crippen LogP contribution is -2.05. The summed E-state index contributed by atoms with van der Waals surface area (Å²) in [5.74, 6) is -1.25. The number of nitro benzene ring substituents is 1. The first kappa shape index (κ1) is 14.7. The lowest BCUT2D eigenvalue weighted by Gasteiger charge is -2.11. The maximum Gasteiger partial charge on any atom is 0.336 e. The molecule has 1 N–H and O–H groups in total. The van der Waals surface area contributed by atoms with Crippen LogP contribution in [0.5, 0.6) is 11.5 Å². The molecule has 0 saturated heterocycles.